The van der Waals surface area contributed by atoms with E-state index < -0.39 is 32.8 Å². The number of anilines is 3. The summed E-state index contributed by atoms with van der Waals surface area (Å²) in [5.41, 5.74) is -0.630. The van der Waals surface area contributed by atoms with Crippen molar-refractivity contribution in [3.05, 3.63) is 85.5 Å². The Morgan fingerprint density at radius 1 is 1.03 bits per heavy atom. The van der Waals surface area contributed by atoms with Crippen LogP contribution in [0.1, 0.15) is 18.9 Å². The van der Waals surface area contributed by atoms with E-state index in [4.69, 9.17) is 0 Å². The maximum absolute atomic E-state index is 14.7. The first kappa shape index (κ1) is 26.4. The van der Waals surface area contributed by atoms with Gasteiger partial charge in [-0.05, 0) is 43.2 Å². The summed E-state index contributed by atoms with van der Waals surface area (Å²) in [5.74, 6) is -0.569. The van der Waals surface area contributed by atoms with Crippen molar-refractivity contribution in [2.24, 2.45) is 7.05 Å². The van der Waals surface area contributed by atoms with Crippen LogP contribution in [0.5, 0.6) is 0 Å². The minimum Gasteiger partial charge on any atom is -0.352 e. The molecule has 2 N–H and O–H groups in total. The quantitative estimate of drug-likeness (QED) is 0.323. The van der Waals surface area contributed by atoms with E-state index in [1.807, 2.05) is 0 Å². The van der Waals surface area contributed by atoms with Crippen LogP contribution in [0.2, 0.25) is 0 Å². The largest absolute Gasteiger partial charge is 0.352 e. The number of fused-ring (bicyclic) bond motifs is 1. The van der Waals surface area contributed by atoms with Crippen molar-refractivity contribution in [1.82, 2.24) is 18.0 Å². The molecule has 2 aromatic heterocycles. The minimum absolute atomic E-state index is 0.0165. The topological polar surface area (TPSA) is 127 Å². The molecule has 4 aromatic rings. The van der Waals surface area contributed by atoms with Crippen LogP contribution in [-0.2, 0) is 17.3 Å². The summed E-state index contributed by atoms with van der Waals surface area (Å²) in [6, 6.07) is 11.5. The number of hydrogen-bond donors (Lipinski definition) is 2. The molecule has 1 aliphatic carbocycles. The molecular weight excluding hydrogens is 526 g/mol. The molecule has 1 saturated carbocycles. The Kier molecular flexibility index (Phi) is 6.47. The molecule has 0 bridgehead atoms. The number of aromatic nitrogens is 3. The average molecular weight is 552 g/mol. The first-order valence-corrected chi connectivity index (χ1v) is 13.6. The zero-order chi connectivity index (χ0) is 28.2. The van der Waals surface area contributed by atoms with Gasteiger partial charge in [-0.3, -0.25) is 23.4 Å². The number of hydrogen-bond acceptors (Lipinski definition) is 6. The second-order valence-electron chi connectivity index (χ2n) is 9.73. The standard InChI is InChI=1S/C25H26BFN6O5S/c1-30(2)39(37,38)29-15-5-4-6-17(12-15)32-23-22(24(35)33(25(32)36)16-8-9-16)20(13-21(34)31(23)3)28-19-10-7-14(26)11-18(19)27/h4-7,10-13,16,28-29H,8-9,26H2,1-3H3. The number of halogens is 1. The van der Waals surface area contributed by atoms with E-state index in [0.29, 0.717) is 18.3 Å². The van der Waals surface area contributed by atoms with Crippen LogP contribution >= 0.6 is 0 Å². The van der Waals surface area contributed by atoms with Gasteiger partial charge in [0.25, 0.3) is 11.1 Å². The molecule has 0 aliphatic heterocycles. The highest BCUT2D eigenvalue weighted by Gasteiger charge is 2.31. The molecular formula is C25H26BFN6O5S. The fourth-order valence-corrected chi connectivity index (χ4v) is 4.97. The van der Waals surface area contributed by atoms with Gasteiger partial charge in [0.1, 0.15) is 24.7 Å². The molecule has 0 saturated heterocycles. The lowest BCUT2D eigenvalue weighted by atomic mass is 9.96. The smallest absolute Gasteiger partial charge is 0.337 e. The van der Waals surface area contributed by atoms with Crippen LogP contribution in [0.15, 0.2) is 62.9 Å². The number of benzene rings is 2. The minimum atomic E-state index is -3.84. The van der Waals surface area contributed by atoms with Crippen LogP contribution in [-0.4, -0.2) is 48.4 Å². The van der Waals surface area contributed by atoms with Gasteiger partial charge in [-0.2, -0.15) is 12.7 Å². The molecule has 2 aromatic carbocycles. The molecule has 0 atom stereocenters. The van der Waals surface area contributed by atoms with Crippen LogP contribution < -0.4 is 32.3 Å². The van der Waals surface area contributed by atoms with Crippen molar-refractivity contribution in [2.45, 2.75) is 18.9 Å². The number of pyridine rings is 1. The summed E-state index contributed by atoms with van der Waals surface area (Å²) in [7, 11) is 2.06. The highest BCUT2D eigenvalue weighted by Crippen LogP contribution is 2.33. The SMILES string of the molecule is Bc1ccc(Nc2cc(=O)n(C)c3c2c(=O)n(C2CC2)c(=O)n3-c2cccc(NS(=O)(=O)N(C)C)c2)c(F)c1. The first-order valence-electron chi connectivity index (χ1n) is 12.1. The van der Waals surface area contributed by atoms with Crippen LogP contribution in [0.25, 0.3) is 16.7 Å². The first-order chi connectivity index (χ1) is 18.4. The Morgan fingerprint density at radius 3 is 2.38 bits per heavy atom. The number of rotatable bonds is 7. The van der Waals surface area contributed by atoms with Gasteiger partial charge in [-0.15, -0.1) is 0 Å². The summed E-state index contributed by atoms with van der Waals surface area (Å²) >= 11 is 0. The molecule has 1 fully saturated rings. The lowest BCUT2D eigenvalue weighted by Gasteiger charge is -2.20. The van der Waals surface area contributed by atoms with Gasteiger partial charge in [-0.1, -0.05) is 17.6 Å². The number of nitrogens with zero attached hydrogens (tertiary/aromatic N) is 4. The van der Waals surface area contributed by atoms with Crippen LogP contribution in [0, 0.1) is 5.82 Å². The lowest BCUT2D eigenvalue weighted by molar-refractivity contribution is 0.527. The summed E-state index contributed by atoms with van der Waals surface area (Å²) in [5, 5.41) is 2.89. The highest BCUT2D eigenvalue weighted by atomic mass is 32.2. The fraction of sp³-hybridized carbons (Fsp3) is 0.240. The number of aryl methyl sites for hydroxylation is 1. The summed E-state index contributed by atoms with van der Waals surface area (Å²) < 4.78 is 46.5. The van der Waals surface area contributed by atoms with Gasteiger partial charge in [-0.25, -0.2) is 13.8 Å². The second-order valence-corrected chi connectivity index (χ2v) is 11.6. The summed E-state index contributed by atoms with van der Waals surface area (Å²) in [6.07, 6.45) is 1.26. The van der Waals surface area contributed by atoms with E-state index in [-0.39, 0.29) is 39.8 Å². The molecule has 0 amide bonds. The third-order valence-corrected chi connectivity index (χ3v) is 8.04. The third kappa shape index (κ3) is 4.76. The predicted octanol–water partition coefficient (Wildman–Crippen LogP) is 0.545. The molecule has 0 unspecified atom stereocenters. The maximum atomic E-state index is 14.7. The highest BCUT2D eigenvalue weighted by molar-refractivity contribution is 7.90. The molecule has 0 radical (unpaired) electrons. The van der Waals surface area contributed by atoms with Crippen LogP contribution in [0.4, 0.5) is 21.5 Å². The molecule has 0 spiro atoms. The van der Waals surface area contributed by atoms with Gasteiger partial charge in [0, 0.05) is 33.3 Å². The Bertz CT molecular complexity index is 1930. The lowest BCUT2D eigenvalue weighted by Crippen LogP contribution is -2.41. The van der Waals surface area contributed by atoms with Gasteiger partial charge < -0.3 is 5.32 Å². The normalized spacial score (nSPS) is 13.7. The van der Waals surface area contributed by atoms with Gasteiger partial charge >= 0.3 is 15.9 Å². The van der Waals surface area contributed by atoms with Gasteiger partial charge in [0.2, 0.25) is 0 Å². The monoisotopic (exact) mass is 552 g/mol. The Balaban J connectivity index is 1.82. The van der Waals surface area contributed by atoms with Crippen molar-refractivity contribution in [1.29, 1.82) is 0 Å². The fourth-order valence-electron chi connectivity index (χ4n) is 4.36. The third-order valence-electron chi connectivity index (χ3n) is 6.59. The molecule has 202 valence electrons. The van der Waals surface area contributed by atoms with E-state index in [9.17, 15) is 27.2 Å². The second kappa shape index (κ2) is 9.54. The molecule has 2 heterocycles. The summed E-state index contributed by atoms with van der Waals surface area (Å²) in [6.45, 7) is 0. The van der Waals surface area contributed by atoms with Crippen molar-refractivity contribution in [3.8, 4) is 5.69 Å². The average Bonchev–Trinajstić information content (AvgIpc) is 3.69. The Hall–Kier alpha value is -4.17. The molecule has 14 heteroatoms. The predicted molar refractivity (Wildman–Crippen MR) is 151 cm³/mol. The molecule has 1 aliphatic rings. The van der Waals surface area contributed by atoms with E-state index >= 15 is 0 Å². The summed E-state index contributed by atoms with van der Waals surface area (Å²) in [4.78, 5) is 40.6. The van der Waals surface area contributed by atoms with Crippen LogP contribution in [0.3, 0.4) is 0 Å². The number of nitrogens with one attached hydrogen (secondary N) is 2. The Morgan fingerprint density at radius 2 is 1.74 bits per heavy atom. The molecule has 11 nitrogen and oxygen atoms in total. The van der Waals surface area contributed by atoms with Crippen molar-refractivity contribution >= 4 is 51.6 Å². The van der Waals surface area contributed by atoms with Crippen molar-refractivity contribution in [2.75, 3.05) is 24.1 Å². The van der Waals surface area contributed by atoms with E-state index in [1.165, 1.54) is 60.6 Å². The van der Waals surface area contributed by atoms with E-state index in [2.05, 4.69) is 10.0 Å². The zero-order valence-corrected chi connectivity index (χ0v) is 22.5. The van der Waals surface area contributed by atoms with Crippen molar-refractivity contribution < 1.29 is 12.8 Å². The molecule has 39 heavy (non-hydrogen) atoms. The van der Waals surface area contributed by atoms with E-state index in [0.717, 1.165) is 8.87 Å². The van der Waals surface area contributed by atoms with Gasteiger partial charge in [0.05, 0.1) is 22.7 Å². The van der Waals surface area contributed by atoms with E-state index in [1.54, 1.807) is 26.0 Å². The van der Waals surface area contributed by atoms with Gasteiger partial charge in [0.15, 0.2) is 0 Å². The molecule has 5 rings (SSSR count). The Labute approximate surface area is 223 Å². The zero-order valence-electron chi connectivity index (χ0n) is 21.7. The maximum Gasteiger partial charge on any atom is 0.337 e. The van der Waals surface area contributed by atoms with Crippen molar-refractivity contribution in [3.63, 3.8) is 0 Å².